The molecule has 0 aliphatic carbocycles. The fourth-order valence-corrected chi connectivity index (χ4v) is 1.54. The maximum Gasteiger partial charge on any atom is 0.140 e. The van der Waals surface area contributed by atoms with Gasteiger partial charge in [-0.3, -0.25) is 0 Å². The largest absolute Gasteiger partial charge is 0.245 e. The summed E-state index contributed by atoms with van der Waals surface area (Å²) >= 11 is 1.87. The van der Waals surface area contributed by atoms with Crippen molar-refractivity contribution in [1.29, 1.82) is 5.26 Å². The molecule has 0 aliphatic heterocycles. The third-order valence-electron chi connectivity index (χ3n) is 1.52. The molecular formula is C12H18N2S. The van der Waals surface area contributed by atoms with Crippen LogP contribution in [0.25, 0.3) is 0 Å². The summed E-state index contributed by atoms with van der Waals surface area (Å²) in [5.74, 6) is 0.969. The number of thioether (sulfide) groups is 1. The molecular weight excluding hydrogens is 204 g/mol. The van der Waals surface area contributed by atoms with Crippen LogP contribution in [0.3, 0.4) is 0 Å². The lowest BCUT2D eigenvalue weighted by Gasteiger charge is -2.03. The van der Waals surface area contributed by atoms with Crippen LogP contribution in [0.5, 0.6) is 0 Å². The highest BCUT2D eigenvalue weighted by molar-refractivity contribution is 7.99. The Kier molecular flexibility index (Phi) is 7.75. The molecule has 1 aromatic rings. The molecule has 0 aliphatic rings. The van der Waals surface area contributed by atoms with E-state index in [-0.39, 0.29) is 0 Å². The number of rotatable bonds is 3. The highest BCUT2D eigenvalue weighted by atomic mass is 32.2. The lowest BCUT2D eigenvalue weighted by Crippen LogP contribution is -1.90. The maximum absolute atomic E-state index is 8.53. The Balaban J connectivity index is 0.000000921. The van der Waals surface area contributed by atoms with Crippen LogP contribution in [0.4, 0.5) is 0 Å². The van der Waals surface area contributed by atoms with Gasteiger partial charge in [-0.25, -0.2) is 4.98 Å². The molecule has 1 heterocycles. The van der Waals surface area contributed by atoms with E-state index in [2.05, 4.69) is 18.8 Å². The molecule has 0 radical (unpaired) electrons. The normalized spacial score (nSPS) is 9.07. The molecule has 15 heavy (non-hydrogen) atoms. The Labute approximate surface area is 96.7 Å². The highest BCUT2D eigenvalue weighted by Crippen LogP contribution is 2.16. The van der Waals surface area contributed by atoms with Crippen molar-refractivity contribution in [3.8, 4) is 6.07 Å². The van der Waals surface area contributed by atoms with Crippen LogP contribution in [-0.2, 0) is 5.75 Å². The van der Waals surface area contributed by atoms with Crippen molar-refractivity contribution in [2.45, 2.75) is 38.7 Å². The molecule has 2 nitrogen and oxygen atoms in total. The number of pyridine rings is 1. The second-order valence-corrected chi connectivity index (χ2v) is 4.59. The van der Waals surface area contributed by atoms with Gasteiger partial charge in [-0.15, -0.1) is 0 Å². The van der Waals surface area contributed by atoms with E-state index in [0.717, 1.165) is 5.75 Å². The van der Waals surface area contributed by atoms with Crippen LogP contribution in [0.2, 0.25) is 0 Å². The van der Waals surface area contributed by atoms with Crippen LogP contribution >= 0.6 is 11.8 Å². The van der Waals surface area contributed by atoms with Gasteiger partial charge in [0.1, 0.15) is 11.8 Å². The molecule has 0 fully saturated rings. The van der Waals surface area contributed by atoms with Gasteiger partial charge in [0, 0.05) is 11.9 Å². The van der Waals surface area contributed by atoms with Crippen molar-refractivity contribution >= 4 is 11.8 Å². The van der Waals surface area contributed by atoms with E-state index in [1.54, 1.807) is 12.3 Å². The first kappa shape index (κ1) is 14.0. The van der Waals surface area contributed by atoms with Gasteiger partial charge in [0.2, 0.25) is 0 Å². The summed E-state index contributed by atoms with van der Waals surface area (Å²) in [4.78, 5) is 4.00. The van der Waals surface area contributed by atoms with Crippen LogP contribution in [-0.4, -0.2) is 10.2 Å². The molecule has 3 heteroatoms. The monoisotopic (exact) mass is 222 g/mol. The van der Waals surface area contributed by atoms with Gasteiger partial charge in [-0.2, -0.15) is 17.0 Å². The molecule has 0 N–H and O–H groups in total. The summed E-state index contributed by atoms with van der Waals surface area (Å²) in [5.41, 5.74) is 1.66. The SMILES string of the molecule is CC.CC(C)SCc1ccc(C#N)nc1. The third kappa shape index (κ3) is 6.14. The third-order valence-corrected chi connectivity index (χ3v) is 2.69. The second kappa shape index (κ2) is 8.31. The number of nitriles is 1. The number of hydrogen-bond acceptors (Lipinski definition) is 3. The first-order valence-corrected chi connectivity index (χ1v) is 6.24. The lowest BCUT2D eigenvalue weighted by molar-refractivity contribution is 1.10. The van der Waals surface area contributed by atoms with E-state index in [1.165, 1.54) is 5.56 Å². The van der Waals surface area contributed by atoms with Crippen molar-refractivity contribution in [2.24, 2.45) is 0 Å². The van der Waals surface area contributed by atoms with Crippen LogP contribution in [0, 0.1) is 11.3 Å². The second-order valence-electron chi connectivity index (χ2n) is 3.02. The lowest BCUT2D eigenvalue weighted by atomic mass is 10.3. The fourth-order valence-electron chi connectivity index (χ4n) is 0.839. The molecule has 1 rings (SSSR count). The average Bonchev–Trinajstić information content (AvgIpc) is 2.30. The zero-order valence-electron chi connectivity index (χ0n) is 9.82. The molecule has 0 amide bonds. The van der Waals surface area contributed by atoms with Gasteiger partial charge < -0.3 is 0 Å². The first-order valence-electron chi connectivity index (χ1n) is 5.19. The van der Waals surface area contributed by atoms with Gasteiger partial charge in [0.15, 0.2) is 0 Å². The molecule has 0 atom stereocenters. The van der Waals surface area contributed by atoms with Gasteiger partial charge in [-0.05, 0) is 16.9 Å². The summed E-state index contributed by atoms with van der Waals surface area (Å²) in [6.45, 7) is 8.34. The standard InChI is InChI=1S/C10H12N2S.C2H6/c1-8(2)13-7-9-3-4-10(5-11)12-6-9;1-2/h3-4,6,8H,7H2,1-2H3;1-2H3. The minimum absolute atomic E-state index is 0.485. The minimum atomic E-state index is 0.485. The summed E-state index contributed by atoms with van der Waals surface area (Å²) < 4.78 is 0. The number of aromatic nitrogens is 1. The Morgan fingerprint density at radius 2 is 2.07 bits per heavy atom. The Morgan fingerprint density at radius 3 is 2.47 bits per heavy atom. The Morgan fingerprint density at radius 1 is 1.40 bits per heavy atom. The van der Waals surface area contributed by atoms with Crippen molar-refractivity contribution in [1.82, 2.24) is 4.98 Å². The zero-order chi connectivity index (χ0) is 11.7. The average molecular weight is 222 g/mol. The molecule has 0 aromatic carbocycles. The molecule has 0 saturated carbocycles. The molecule has 1 aromatic heterocycles. The number of hydrogen-bond donors (Lipinski definition) is 0. The van der Waals surface area contributed by atoms with Crippen molar-refractivity contribution in [3.05, 3.63) is 29.6 Å². The summed E-state index contributed by atoms with van der Waals surface area (Å²) in [6, 6.07) is 5.72. The first-order chi connectivity index (χ1) is 7.22. The molecule has 0 bridgehead atoms. The quantitative estimate of drug-likeness (QED) is 0.783. The van der Waals surface area contributed by atoms with E-state index in [1.807, 2.05) is 37.7 Å². The van der Waals surface area contributed by atoms with Crippen molar-refractivity contribution in [2.75, 3.05) is 0 Å². The predicted molar refractivity (Wildman–Crippen MR) is 66.7 cm³/mol. The highest BCUT2D eigenvalue weighted by Gasteiger charge is 1.97. The summed E-state index contributed by atoms with van der Waals surface area (Å²) in [6.07, 6.45) is 1.77. The van der Waals surface area contributed by atoms with Crippen LogP contribution in [0.1, 0.15) is 39.0 Å². The van der Waals surface area contributed by atoms with Crippen molar-refractivity contribution in [3.63, 3.8) is 0 Å². The van der Waals surface area contributed by atoms with Crippen molar-refractivity contribution < 1.29 is 0 Å². The minimum Gasteiger partial charge on any atom is -0.245 e. The Hall–Kier alpha value is -1.01. The molecule has 0 unspecified atom stereocenters. The summed E-state index contributed by atoms with van der Waals surface area (Å²) in [7, 11) is 0. The zero-order valence-corrected chi connectivity index (χ0v) is 10.6. The summed E-state index contributed by atoms with van der Waals surface area (Å²) in [5, 5.41) is 9.16. The van der Waals surface area contributed by atoms with E-state index >= 15 is 0 Å². The van der Waals surface area contributed by atoms with E-state index < -0.39 is 0 Å². The number of nitrogens with zero attached hydrogens (tertiary/aromatic N) is 2. The van der Waals surface area contributed by atoms with Crippen LogP contribution in [0.15, 0.2) is 18.3 Å². The fraction of sp³-hybridized carbons (Fsp3) is 0.500. The molecule has 0 spiro atoms. The smallest absolute Gasteiger partial charge is 0.140 e. The predicted octanol–water partition coefficient (Wildman–Crippen LogP) is 3.62. The van der Waals surface area contributed by atoms with Gasteiger partial charge in [0.25, 0.3) is 0 Å². The Bertz CT molecular complexity index is 298. The topological polar surface area (TPSA) is 36.7 Å². The van der Waals surface area contributed by atoms with E-state index in [0.29, 0.717) is 10.9 Å². The van der Waals surface area contributed by atoms with Gasteiger partial charge in [-0.1, -0.05) is 33.8 Å². The van der Waals surface area contributed by atoms with Gasteiger partial charge in [0.05, 0.1) is 0 Å². The molecule has 82 valence electrons. The van der Waals surface area contributed by atoms with Crippen LogP contribution < -0.4 is 0 Å². The van der Waals surface area contributed by atoms with Gasteiger partial charge >= 0.3 is 0 Å². The van der Waals surface area contributed by atoms with E-state index in [9.17, 15) is 0 Å². The maximum atomic E-state index is 8.53. The van der Waals surface area contributed by atoms with E-state index in [4.69, 9.17) is 5.26 Å². The molecule has 0 saturated heterocycles.